The van der Waals surface area contributed by atoms with Crippen LogP contribution in [0.3, 0.4) is 0 Å². The Bertz CT molecular complexity index is 898. The Morgan fingerprint density at radius 1 is 0.960 bits per heavy atom. The molecule has 1 fully saturated rings. The maximum absolute atomic E-state index is 13.0. The summed E-state index contributed by atoms with van der Waals surface area (Å²) in [7, 11) is 0. The van der Waals surface area contributed by atoms with Gasteiger partial charge in [0.15, 0.2) is 0 Å². The normalized spacial score (nSPS) is 14.0. The van der Waals surface area contributed by atoms with Crippen molar-refractivity contribution >= 4 is 17.5 Å². The van der Waals surface area contributed by atoms with E-state index in [1.165, 1.54) is 0 Å². The smallest absolute Gasteiger partial charge is 0.272 e. The van der Waals surface area contributed by atoms with Crippen LogP contribution in [0.15, 0.2) is 60.7 Å². The van der Waals surface area contributed by atoms with Crippen molar-refractivity contribution in [1.29, 1.82) is 0 Å². The fourth-order valence-corrected chi connectivity index (χ4v) is 3.39. The number of carbonyl (C=O) groups is 1. The zero-order valence-corrected chi connectivity index (χ0v) is 14.5. The molecule has 0 saturated carbocycles. The largest absolute Gasteiger partial charge is 0.337 e. The molecular formula is C20H18ClN3O. The molecule has 126 valence electrons. The van der Waals surface area contributed by atoms with Crippen LogP contribution >= 0.6 is 11.6 Å². The highest BCUT2D eigenvalue weighted by atomic mass is 35.5. The van der Waals surface area contributed by atoms with E-state index in [1.807, 2.05) is 65.6 Å². The van der Waals surface area contributed by atoms with E-state index in [9.17, 15) is 4.79 Å². The maximum atomic E-state index is 13.0. The molecule has 2 aromatic carbocycles. The second kappa shape index (κ2) is 6.73. The lowest BCUT2D eigenvalue weighted by Gasteiger charge is -2.16. The molecule has 1 saturated heterocycles. The Balaban J connectivity index is 1.84. The van der Waals surface area contributed by atoms with Gasteiger partial charge in [0.2, 0.25) is 0 Å². The minimum atomic E-state index is 0.00657. The number of benzene rings is 2. The monoisotopic (exact) mass is 351 g/mol. The summed E-state index contributed by atoms with van der Waals surface area (Å²) in [5.74, 6) is 0.00657. The second-order valence-corrected chi connectivity index (χ2v) is 6.55. The molecule has 1 aliphatic heterocycles. The van der Waals surface area contributed by atoms with Gasteiger partial charge in [0.05, 0.1) is 16.4 Å². The third-order valence-corrected chi connectivity index (χ3v) is 4.79. The van der Waals surface area contributed by atoms with E-state index < -0.39 is 0 Å². The van der Waals surface area contributed by atoms with Crippen LogP contribution in [0.2, 0.25) is 5.02 Å². The first kappa shape index (κ1) is 15.9. The summed E-state index contributed by atoms with van der Waals surface area (Å²) in [4.78, 5) is 14.9. The first-order valence-corrected chi connectivity index (χ1v) is 8.81. The molecule has 0 radical (unpaired) electrons. The molecule has 5 heteroatoms. The molecule has 0 aliphatic carbocycles. The van der Waals surface area contributed by atoms with Crippen LogP contribution in [0.5, 0.6) is 0 Å². The Labute approximate surface area is 151 Å². The number of likely N-dealkylation sites (tertiary alicyclic amines) is 1. The van der Waals surface area contributed by atoms with Crippen molar-refractivity contribution in [1.82, 2.24) is 14.7 Å². The highest BCUT2D eigenvalue weighted by Gasteiger charge is 2.25. The van der Waals surface area contributed by atoms with Gasteiger partial charge in [0.1, 0.15) is 5.69 Å². The summed E-state index contributed by atoms with van der Waals surface area (Å²) >= 11 is 6.36. The van der Waals surface area contributed by atoms with Crippen LogP contribution in [0.1, 0.15) is 23.3 Å². The van der Waals surface area contributed by atoms with Gasteiger partial charge in [-0.25, -0.2) is 4.68 Å². The highest BCUT2D eigenvalue weighted by molar-refractivity contribution is 6.32. The number of halogens is 1. The highest BCUT2D eigenvalue weighted by Crippen LogP contribution is 2.27. The van der Waals surface area contributed by atoms with E-state index in [-0.39, 0.29) is 5.91 Å². The van der Waals surface area contributed by atoms with Gasteiger partial charge in [-0.3, -0.25) is 4.79 Å². The molecule has 2 heterocycles. The molecule has 4 nitrogen and oxygen atoms in total. The lowest BCUT2D eigenvalue weighted by Crippen LogP contribution is -2.29. The maximum Gasteiger partial charge on any atom is 0.272 e. The average molecular weight is 352 g/mol. The molecular weight excluding hydrogens is 334 g/mol. The first-order chi connectivity index (χ1) is 12.2. The molecule has 1 aliphatic rings. The summed E-state index contributed by atoms with van der Waals surface area (Å²) in [6.07, 6.45) is 2.11. The zero-order valence-electron chi connectivity index (χ0n) is 13.7. The van der Waals surface area contributed by atoms with Crippen LogP contribution < -0.4 is 0 Å². The molecule has 25 heavy (non-hydrogen) atoms. The number of nitrogens with zero attached hydrogens (tertiary/aromatic N) is 3. The molecule has 0 bridgehead atoms. The number of rotatable bonds is 3. The van der Waals surface area contributed by atoms with Crippen LogP contribution in [-0.4, -0.2) is 33.7 Å². The van der Waals surface area contributed by atoms with Crippen molar-refractivity contribution in [3.05, 3.63) is 71.4 Å². The van der Waals surface area contributed by atoms with E-state index in [4.69, 9.17) is 11.6 Å². The number of hydrogen-bond acceptors (Lipinski definition) is 2. The molecule has 0 spiro atoms. The number of aromatic nitrogens is 2. The van der Waals surface area contributed by atoms with Crippen LogP contribution in [-0.2, 0) is 0 Å². The van der Waals surface area contributed by atoms with Crippen molar-refractivity contribution in [2.75, 3.05) is 13.1 Å². The van der Waals surface area contributed by atoms with Crippen molar-refractivity contribution < 1.29 is 4.79 Å². The molecule has 3 aromatic rings. The topological polar surface area (TPSA) is 38.1 Å². The van der Waals surface area contributed by atoms with E-state index in [0.717, 1.165) is 37.2 Å². The predicted octanol–water partition coefficient (Wildman–Crippen LogP) is 4.43. The minimum Gasteiger partial charge on any atom is -0.337 e. The van der Waals surface area contributed by atoms with Crippen LogP contribution in [0, 0.1) is 0 Å². The Morgan fingerprint density at radius 3 is 2.36 bits per heavy atom. The summed E-state index contributed by atoms with van der Waals surface area (Å²) < 4.78 is 1.67. The quantitative estimate of drug-likeness (QED) is 0.700. The minimum absolute atomic E-state index is 0.00657. The van der Waals surface area contributed by atoms with E-state index in [2.05, 4.69) is 5.10 Å². The molecule has 1 aromatic heterocycles. The number of hydrogen-bond donors (Lipinski definition) is 0. The van der Waals surface area contributed by atoms with Gasteiger partial charge < -0.3 is 4.90 Å². The van der Waals surface area contributed by atoms with Gasteiger partial charge in [-0.1, -0.05) is 54.1 Å². The Hall–Kier alpha value is -2.59. The van der Waals surface area contributed by atoms with E-state index in [0.29, 0.717) is 16.4 Å². The lowest BCUT2D eigenvalue weighted by atomic mass is 10.1. The van der Waals surface area contributed by atoms with Crippen molar-refractivity contribution in [3.8, 4) is 16.9 Å². The van der Waals surface area contributed by atoms with Gasteiger partial charge in [-0.15, -0.1) is 0 Å². The summed E-state index contributed by atoms with van der Waals surface area (Å²) in [5.41, 5.74) is 3.01. The van der Waals surface area contributed by atoms with Crippen molar-refractivity contribution in [3.63, 3.8) is 0 Å². The lowest BCUT2D eigenvalue weighted by molar-refractivity contribution is 0.0784. The van der Waals surface area contributed by atoms with Crippen molar-refractivity contribution in [2.45, 2.75) is 12.8 Å². The SMILES string of the molecule is O=C(c1cc(-c2ccccc2)nn1-c1ccccc1Cl)N1CCCC1. The van der Waals surface area contributed by atoms with E-state index >= 15 is 0 Å². The zero-order chi connectivity index (χ0) is 17.2. The van der Waals surface area contributed by atoms with Gasteiger partial charge in [0, 0.05) is 18.7 Å². The average Bonchev–Trinajstić information content (AvgIpc) is 3.32. The third kappa shape index (κ3) is 3.05. The molecule has 0 N–H and O–H groups in total. The fourth-order valence-electron chi connectivity index (χ4n) is 3.17. The van der Waals surface area contributed by atoms with E-state index in [1.54, 1.807) is 4.68 Å². The number of carbonyl (C=O) groups excluding carboxylic acids is 1. The number of para-hydroxylation sites is 1. The number of amides is 1. The molecule has 4 rings (SSSR count). The van der Waals surface area contributed by atoms with Gasteiger partial charge >= 0.3 is 0 Å². The van der Waals surface area contributed by atoms with Crippen molar-refractivity contribution in [2.24, 2.45) is 0 Å². The molecule has 0 atom stereocenters. The third-order valence-electron chi connectivity index (χ3n) is 4.47. The van der Waals surface area contributed by atoms with Crippen LogP contribution in [0.25, 0.3) is 16.9 Å². The standard InChI is InChI=1S/C20H18ClN3O/c21-16-10-4-5-11-18(16)24-19(20(25)23-12-6-7-13-23)14-17(22-24)15-8-2-1-3-9-15/h1-5,8-11,14H,6-7,12-13H2. The second-order valence-electron chi connectivity index (χ2n) is 6.14. The fraction of sp³-hybridized carbons (Fsp3) is 0.200. The van der Waals surface area contributed by atoms with Crippen LogP contribution in [0.4, 0.5) is 0 Å². The first-order valence-electron chi connectivity index (χ1n) is 8.44. The Morgan fingerprint density at radius 2 is 1.64 bits per heavy atom. The summed E-state index contributed by atoms with van der Waals surface area (Å²) in [6, 6.07) is 19.2. The van der Waals surface area contributed by atoms with Gasteiger partial charge in [-0.2, -0.15) is 5.10 Å². The molecule has 1 amide bonds. The summed E-state index contributed by atoms with van der Waals surface area (Å²) in [5, 5.41) is 5.26. The van der Waals surface area contributed by atoms with Gasteiger partial charge in [0.25, 0.3) is 5.91 Å². The summed E-state index contributed by atoms with van der Waals surface area (Å²) in [6.45, 7) is 1.60. The molecule has 0 unspecified atom stereocenters. The predicted molar refractivity (Wildman–Crippen MR) is 99.1 cm³/mol. The Kier molecular flexibility index (Phi) is 4.28. The van der Waals surface area contributed by atoms with Gasteiger partial charge in [-0.05, 0) is 31.0 Å².